The van der Waals surface area contributed by atoms with E-state index in [9.17, 15) is 9.59 Å². The highest BCUT2D eigenvalue weighted by Gasteiger charge is 2.07. The molecule has 1 atom stereocenters. The second-order valence-corrected chi connectivity index (χ2v) is 7.53. The highest BCUT2D eigenvalue weighted by Crippen LogP contribution is 2.05. The molecule has 0 aliphatic rings. The van der Waals surface area contributed by atoms with Gasteiger partial charge in [-0.25, -0.2) is 0 Å². The molecule has 0 saturated heterocycles. The van der Waals surface area contributed by atoms with Crippen molar-refractivity contribution in [1.82, 2.24) is 16.0 Å². The van der Waals surface area contributed by atoms with Crippen LogP contribution in [-0.2, 0) is 9.59 Å². The van der Waals surface area contributed by atoms with Crippen LogP contribution in [0.25, 0.3) is 0 Å². The molecule has 0 spiro atoms. The Bertz CT molecular complexity index is 452. The van der Waals surface area contributed by atoms with E-state index in [0.717, 1.165) is 70.9 Å². The number of rotatable bonds is 19. The minimum atomic E-state index is -0.215. The molecule has 0 fully saturated rings. The maximum atomic E-state index is 11.8. The third-order valence-electron chi connectivity index (χ3n) is 4.40. The van der Waals surface area contributed by atoms with Crippen molar-refractivity contribution in [3.63, 3.8) is 0 Å². The van der Waals surface area contributed by atoms with Gasteiger partial charge in [0.1, 0.15) is 6.42 Å². The maximum Gasteiger partial charge on any atom is 0.229 e. The van der Waals surface area contributed by atoms with E-state index in [4.69, 9.17) is 17.2 Å². The average molecular weight is 414 g/mol. The highest BCUT2D eigenvalue weighted by atomic mass is 16.2. The number of hydrogen-bond donors (Lipinski definition) is 6. The maximum absolute atomic E-state index is 11.8. The van der Waals surface area contributed by atoms with Gasteiger partial charge in [-0.2, -0.15) is 0 Å². The van der Waals surface area contributed by atoms with Gasteiger partial charge in [-0.05, 0) is 52.1 Å². The van der Waals surface area contributed by atoms with Gasteiger partial charge >= 0.3 is 0 Å². The van der Waals surface area contributed by atoms with Crippen molar-refractivity contribution in [2.45, 2.75) is 77.2 Å². The van der Waals surface area contributed by atoms with Gasteiger partial charge in [0.25, 0.3) is 0 Å². The van der Waals surface area contributed by atoms with Crippen LogP contribution in [0.5, 0.6) is 0 Å². The Morgan fingerprint density at radius 3 is 1.90 bits per heavy atom. The first kappa shape index (κ1) is 27.1. The number of carbonyl (C=O) groups is 2. The number of aliphatic imine (C=N–C) groups is 1. The van der Waals surface area contributed by atoms with Crippen molar-refractivity contribution in [3.05, 3.63) is 0 Å². The zero-order valence-electron chi connectivity index (χ0n) is 18.2. The van der Waals surface area contributed by atoms with Gasteiger partial charge in [-0.15, -0.1) is 0 Å². The van der Waals surface area contributed by atoms with E-state index >= 15 is 0 Å². The largest absolute Gasteiger partial charge is 0.370 e. The van der Waals surface area contributed by atoms with Crippen LogP contribution < -0.4 is 33.2 Å². The van der Waals surface area contributed by atoms with Crippen molar-refractivity contribution in [2.75, 3.05) is 32.7 Å². The lowest BCUT2D eigenvalue weighted by molar-refractivity contribution is -0.129. The van der Waals surface area contributed by atoms with E-state index in [2.05, 4.69) is 20.9 Å². The second-order valence-electron chi connectivity index (χ2n) is 7.53. The van der Waals surface area contributed by atoms with Crippen molar-refractivity contribution < 1.29 is 9.59 Å². The smallest absolute Gasteiger partial charge is 0.229 e. The predicted octanol–water partition coefficient (Wildman–Crippen LogP) is 0.330. The van der Waals surface area contributed by atoms with E-state index in [1.165, 1.54) is 0 Å². The molecule has 0 aromatic carbocycles. The molecule has 0 aromatic rings. The Morgan fingerprint density at radius 1 is 0.793 bits per heavy atom. The predicted molar refractivity (Wildman–Crippen MR) is 119 cm³/mol. The van der Waals surface area contributed by atoms with Crippen molar-refractivity contribution in [3.8, 4) is 0 Å². The van der Waals surface area contributed by atoms with E-state index in [1.807, 2.05) is 6.92 Å². The molecule has 0 saturated carbocycles. The lowest BCUT2D eigenvalue weighted by atomic mass is 10.1. The van der Waals surface area contributed by atoms with Gasteiger partial charge in [0.15, 0.2) is 5.96 Å². The first-order valence-corrected chi connectivity index (χ1v) is 11.0. The van der Waals surface area contributed by atoms with Gasteiger partial charge in [0.05, 0.1) is 0 Å². The number of carbonyl (C=O) groups excluding carboxylic acids is 2. The van der Waals surface area contributed by atoms with Crippen LogP contribution in [0, 0.1) is 0 Å². The SMILES string of the molecule is CC(N)CCNCCCCNC(=O)CC(=O)NCCCCCCCCN=C(N)N. The summed E-state index contributed by atoms with van der Waals surface area (Å²) < 4.78 is 0. The Hall–Kier alpha value is -1.87. The molecule has 0 bridgehead atoms. The molecule has 1 unspecified atom stereocenters. The quantitative estimate of drug-likeness (QED) is 0.0774. The molecule has 9 heteroatoms. The summed E-state index contributed by atoms with van der Waals surface area (Å²) in [7, 11) is 0. The molecule has 9 N–H and O–H groups in total. The third kappa shape index (κ3) is 22.3. The summed E-state index contributed by atoms with van der Waals surface area (Å²) in [5, 5.41) is 8.92. The Kier molecular flexibility index (Phi) is 18.2. The first-order valence-electron chi connectivity index (χ1n) is 11.0. The summed E-state index contributed by atoms with van der Waals surface area (Å²) in [6.45, 7) is 5.74. The second kappa shape index (κ2) is 19.4. The summed E-state index contributed by atoms with van der Waals surface area (Å²) in [6.07, 6.45) is 9.09. The number of nitrogens with two attached hydrogens (primary N) is 3. The molecule has 0 aliphatic carbocycles. The molecule has 2 amide bonds. The van der Waals surface area contributed by atoms with Crippen LogP contribution in [-0.4, -0.2) is 56.5 Å². The molecule has 29 heavy (non-hydrogen) atoms. The van der Waals surface area contributed by atoms with Crippen molar-refractivity contribution >= 4 is 17.8 Å². The fourth-order valence-corrected chi connectivity index (χ4v) is 2.71. The van der Waals surface area contributed by atoms with Gasteiger partial charge < -0.3 is 33.2 Å². The van der Waals surface area contributed by atoms with Crippen LogP contribution in [0.4, 0.5) is 0 Å². The summed E-state index contributed by atoms with van der Waals surface area (Å²) in [4.78, 5) is 27.4. The summed E-state index contributed by atoms with van der Waals surface area (Å²) in [6, 6.07) is 0.223. The highest BCUT2D eigenvalue weighted by molar-refractivity contribution is 5.96. The summed E-state index contributed by atoms with van der Waals surface area (Å²) in [5.74, 6) is -0.277. The van der Waals surface area contributed by atoms with Crippen LogP contribution >= 0.6 is 0 Å². The molecular formula is C20H43N7O2. The Balaban J connectivity index is 3.38. The molecule has 0 aliphatic heterocycles. The zero-order chi connectivity index (χ0) is 21.7. The number of guanidine groups is 1. The molecular weight excluding hydrogens is 370 g/mol. The fourth-order valence-electron chi connectivity index (χ4n) is 2.71. The van der Waals surface area contributed by atoms with E-state index in [0.29, 0.717) is 19.6 Å². The summed E-state index contributed by atoms with van der Waals surface area (Å²) >= 11 is 0. The topological polar surface area (TPSA) is 161 Å². The Morgan fingerprint density at radius 2 is 1.31 bits per heavy atom. The number of amides is 2. The third-order valence-corrected chi connectivity index (χ3v) is 4.40. The van der Waals surface area contributed by atoms with Gasteiger partial charge in [0, 0.05) is 25.7 Å². The molecule has 0 rings (SSSR count). The molecule has 170 valence electrons. The fraction of sp³-hybridized carbons (Fsp3) is 0.850. The zero-order valence-corrected chi connectivity index (χ0v) is 18.2. The van der Waals surface area contributed by atoms with Crippen LogP contribution in [0.1, 0.15) is 71.1 Å². The van der Waals surface area contributed by atoms with Crippen LogP contribution in [0.2, 0.25) is 0 Å². The lowest BCUT2D eigenvalue weighted by Gasteiger charge is -2.08. The van der Waals surface area contributed by atoms with E-state index < -0.39 is 0 Å². The minimum Gasteiger partial charge on any atom is -0.370 e. The van der Waals surface area contributed by atoms with E-state index in [-0.39, 0.29) is 30.2 Å². The van der Waals surface area contributed by atoms with Gasteiger partial charge in [0.2, 0.25) is 11.8 Å². The standard InChI is InChI=1S/C20H43N7O2/c1-17(21)10-15-24-11-8-9-13-26-19(29)16-18(28)25-12-6-4-2-3-5-7-14-27-20(22)23/h17,24H,2-16,21H2,1H3,(H,25,28)(H,26,29)(H4,22,23,27). The van der Waals surface area contributed by atoms with Gasteiger partial charge in [-0.3, -0.25) is 14.6 Å². The molecule has 0 heterocycles. The normalized spacial score (nSPS) is 11.7. The minimum absolute atomic E-state index is 0.0998. The lowest BCUT2D eigenvalue weighted by Crippen LogP contribution is -2.33. The van der Waals surface area contributed by atoms with Gasteiger partial charge in [-0.1, -0.05) is 25.7 Å². The number of unbranched alkanes of at least 4 members (excludes halogenated alkanes) is 6. The number of nitrogens with one attached hydrogen (secondary N) is 3. The van der Waals surface area contributed by atoms with Crippen molar-refractivity contribution in [1.29, 1.82) is 0 Å². The van der Waals surface area contributed by atoms with Crippen molar-refractivity contribution in [2.24, 2.45) is 22.2 Å². The molecule has 9 nitrogen and oxygen atoms in total. The monoisotopic (exact) mass is 413 g/mol. The van der Waals surface area contributed by atoms with E-state index in [1.54, 1.807) is 0 Å². The summed E-state index contributed by atoms with van der Waals surface area (Å²) in [5.41, 5.74) is 16.2. The Labute approximate surface area is 176 Å². The molecule has 0 radical (unpaired) electrons. The van der Waals surface area contributed by atoms with Crippen LogP contribution in [0.15, 0.2) is 4.99 Å². The number of nitrogens with zero attached hydrogens (tertiary/aromatic N) is 1. The molecule has 0 aromatic heterocycles. The first-order chi connectivity index (χ1) is 13.9. The number of hydrogen-bond acceptors (Lipinski definition) is 5. The van der Waals surface area contributed by atoms with Crippen LogP contribution in [0.3, 0.4) is 0 Å². The average Bonchev–Trinajstić information content (AvgIpc) is 2.64.